The molecule has 0 amide bonds. The van der Waals surface area contributed by atoms with Crippen molar-refractivity contribution in [1.29, 1.82) is 0 Å². The zero-order valence-electron chi connectivity index (χ0n) is 27.2. The fourth-order valence-electron chi connectivity index (χ4n) is 7.08. The van der Waals surface area contributed by atoms with Crippen molar-refractivity contribution in [3.63, 3.8) is 0 Å². The summed E-state index contributed by atoms with van der Waals surface area (Å²) in [5.74, 6) is 1.33. The first-order valence-electron chi connectivity index (χ1n) is 16.8. The van der Waals surface area contributed by atoms with Crippen molar-refractivity contribution >= 4 is 43.7 Å². The van der Waals surface area contributed by atoms with Crippen LogP contribution in [-0.2, 0) is 0 Å². The van der Waals surface area contributed by atoms with Crippen LogP contribution in [-0.4, -0.2) is 19.5 Å². The molecule has 3 heterocycles. The van der Waals surface area contributed by atoms with E-state index in [1.54, 1.807) is 6.07 Å². The summed E-state index contributed by atoms with van der Waals surface area (Å²) in [5, 5.41) is 4.24. The van der Waals surface area contributed by atoms with Crippen LogP contribution in [0.15, 0.2) is 168 Å². The Kier molecular flexibility index (Phi) is 6.61. The fourth-order valence-corrected chi connectivity index (χ4v) is 7.08. The van der Waals surface area contributed by atoms with Crippen molar-refractivity contribution < 1.29 is 8.81 Å². The van der Waals surface area contributed by atoms with E-state index in [1.807, 2.05) is 48.5 Å². The molecule has 10 aromatic rings. The van der Waals surface area contributed by atoms with Gasteiger partial charge in [0.15, 0.2) is 17.5 Å². The number of hydrogen-bond acceptors (Lipinski definition) is 4. The molecule has 0 unspecified atom stereocenters. The van der Waals surface area contributed by atoms with E-state index >= 15 is 0 Å². The Morgan fingerprint density at radius 1 is 0.392 bits per heavy atom. The van der Waals surface area contributed by atoms with E-state index in [0.29, 0.717) is 28.6 Å². The van der Waals surface area contributed by atoms with E-state index < -0.39 is 0 Å². The number of halogens is 1. The molecule has 0 aliphatic rings. The van der Waals surface area contributed by atoms with Gasteiger partial charge in [-0.15, -0.1) is 0 Å². The molecule has 0 bridgehead atoms. The maximum atomic E-state index is 13.9. The van der Waals surface area contributed by atoms with Gasteiger partial charge in [-0.25, -0.2) is 19.3 Å². The van der Waals surface area contributed by atoms with Crippen molar-refractivity contribution in [1.82, 2.24) is 19.5 Å². The molecule has 0 fully saturated rings. The normalized spacial score (nSPS) is 11.6. The lowest BCUT2D eigenvalue weighted by molar-refractivity contribution is 0.618. The van der Waals surface area contributed by atoms with Gasteiger partial charge in [0.25, 0.3) is 0 Å². The number of para-hydroxylation sites is 2. The average molecular weight is 659 g/mol. The highest BCUT2D eigenvalue weighted by Crippen LogP contribution is 2.35. The van der Waals surface area contributed by atoms with Gasteiger partial charge in [-0.2, -0.15) is 0 Å². The second-order valence-corrected chi connectivity index (χ2v) is 12.6. The van der Waals surface area contributed by atoms with E-state index in [2.05, 4.69) is 102 Å². The van der Waals surface area contributed by atoms with Gasteiger partial charge in [0.1, 0.15) is 17.0 Å². The Morgan fingerprint density at radius 2 is 0.922 bits per heavy atom. The summed E-state index contributed by atoms with van der Waals surface area (Å²) in [4.78, 5) is 14.8. The Bertz CT molecular complexity index is 2870. The highest BCUT2D eigenvalue weighted by molar-refractivity contribution is 6.09. The number of furan rings is 1. The third-order valence-corrected chi connectivity index (χ3v) is 9.52. The molecule has 0 aliphatic heterocycles. The van der Waals surface area contributed by atoms with E-state index in [9.17, 15) is 4.39 Å². The second kappa shape index (κ2) is 11.6. The zero-order chi connectivity index (χ0) is 33.9. The number of aromatic nitrogens is 4. The van der Waals surface area contributed by atoms with Gasteiger partial charge >= 0.3 is 0 Å². The maximum Gasteiger partial charge on any atom is 0.164 e. The van der Waals surface area contributed by atoms with Crippen LogP contribution < -0.4 is 0 Å². The third kappa shape index (κ3) is 4.96. The van der Waals surface area contributed by atoms with Crippen molar-refractivity contribution in [2.45, 2.75) is 0 Å². The van der Waals surface area contributed by atoms with Gasteiger partial charge in [0.2, 0.25) is 0 Å². The van der Waals surface area contributed by atoms with Crippen LogP contribution in [0.25, 0.3) is 94.7 Å². The first-order valence-corrected chi connectivity index (χ1v) is 16.8. The largest absolute Gasteiger partial charge is 0.456 e. The SMILES string of the molecule is Fc1ccc2c(c1)oc1cc(-c3nc(-c4ccccc4)nc(-c4ccc(-c5cccc(-n6c7ccccc7c7ccccc76)c5)cc4)n3)ccc12. The maximum absolute atomic E-state index is 13.9. The minimum Gasteiger partial charge on any atom is -0.456 e. The van der Waals surface area contributed by atoms with Crippen molar-refractivity contribution in [2.75, 3.05) is 0 Å². The molecule has 0 atom stereocenters. The average Bonchev–Trinajstić information content (AvgIpc) is 3.73. The Morgan fingerprint density at radius 3 is 1.63 bits per heavy atom. The number of benzene rings is 7. The predicted octanol–water partition coefficient (Wildman–Crippen LogP) is 11.7. The molecule has 6 heteroatoms. The van der Waals surface area contributed by atoms with Gasteiger partial charge in [-0.3, -0.25) is 0 Å². The fraction of sp³-hybridized carbons (Fsp3) is 0. The molecule has 0 N–H and O–H groups in total. The first kappa shape index (κ1) is 29.0. The van der Waals surface area contributed by atoms with E-state index in [4.69, 9.17) is 19.4 Å². The highest BCUT2D eigenvalue weighted by Gasteiger charge is 2.16. The Labute approximate surface area is 291 Å². The van der Waals surface area contributed by atoms with Crippen LogP contribution in [0.1, 0.15) is 0 Å². The van der Waals surface area contributed by atoms with Crippen molar-refractivity contribution in [2.24, 2.45) is 0 Å². The summed E-state index contributed by atoms with van der Waals surface area (Å²) in [6.45, 7) is 0. The van der Waals surface area contributed by atoms with Gasteiger partial charge in [-0.1, -0.05) is 109 Å². The molecule has 240 valence electrons. The molecule has 0 saturated heterocycles. The minimum absolute atomic E-state index is 0.335. The molecule has 10 rings (SSSR count). The van der Waals surface area contributed by atoms with Crippen molar-refractivity contribution in [3.8, 4) is 51.0 Å². The molecule has 0 radical (unpaired) electrons. The second-order valence-electron chi connectivity index (χ2n) is 12.6. The number of rotatable bonds is 5. The quantitative estimate of drug-likeness (QED) is 0.185. The van der Waals surface area contributed by atoms with Gasteiger partial charge in [-0.05, 0) is 59.7 Å². The topological polar surface area (TPSA) is 56.7 Å². The molecule has 3 aromatic heterocycles. The first-order chi connectivity index (χ1) is 25.2. The Hall–Kier alpha value is -6.92. The van der Waals surface area contributed by atoms with Crippen LogP contribution >= 0.6 is 0 Å². The molecule has 51 heavy (non-hydrogen) atoms. The highest BCUT2D eigenvalue weighted by atomic mass is 19.1. The number of hydrogen-bond donors (Lipinski definition) is 0. The molecule has 0 aliphatic carbocycles. The van der Waals surface area contributed by atoms with Crippen LogP contribution in [0.2, 0.25) is 0 Å². The third-order valence-electron chi connectivity index (χ3n) is 9.52. The smallest absolute Gasteiger partial charge is 0.164 e. The summed E-state index contributed by atoms with van der Waals surface area (Å²) >= 11 is 0. The molecular weight excluding hydrogens is 632 g/mol. The zero-order valence-corrected chi connectivity index (χ0v) is 27.2. The lowest BCUT2D eigenvalue weighted by Gasteiger charge is -2.11. The summed E-state index contributed by atoms with van der Waals surface area (Å²) in [7, 11) is 0. The van der Waals surface area contributed by atoms with Crippen LogP contribution in [0.3, 0.4) is 0 Å². The molecule has 0 saturated carbocycles. The lowest BCUT2D eigenvalue weighted by Crippen LogP contribution is -2.00. The van der Waals surface area contributed by atoms with Crippen molar-refractivity contribution in [3.05, 3.63) is 170 Å². The lowest BCUT2D eigenvalue weighted by atomic mass is 10.0. The summed E-state index contributed by atoms with van der Waals surface area (Å²) in [6.07, 6.45) is 0. The Balaban J connectivity index is 1.05. The van der Waals surface area contributed by atoms with Gasteiger partial charge in [0, 0.05) is 50.0 Å². The summed E-state index contributed by atoms with van der Waals surface area (Å²) in [6, 6.07) is 54.5. The van der Waals surface area contributed by atoms with Gasteiger partial charge in [0.05, 0.1) is 11.0 Å². The van der Waals surface area contributed by atoms with E-state index in [0.717, 1.165) is 44.3 Å². The summed E-state index contributed by atoms with van der Waals surface area (Å²) in [5.41, 5.74) is 9.36. The number of fused-ring (bicyclic) bond motifs is 6. The molecule has 5 nitrogen and oxygen atoms in total. The van der Waals surface area contributed by atoms with E-state index in [-0.39, 0.29) is 5.82 Å². The molecule has 0 spiro atoms. The summed E-state index contributed by atoms with van der Waals surface area (Å²) < 4.78 is 22.3. The number of nitrogens with zero attached hydrogens (tertiary/aromatic N) is 4. The van der Waals surface area contributed by atoms with Gasteiger partial charge < -0.3 is 8.98 Å². The minimum atomic E-state index is -0.335. The predicted molar refractivity (Wildman–Crippen MR) is 203 cm³/mol. The van der Waals surface area contributed by atoms with Crippen LogP contribution in [0.4, 0.5) is 4.39 Å². The van der Waals surface area contributed by atoms with Crippen LogP contribution in [0, 0.1) is 5.82 Å². The molecular formula is C45H27FN4O. The molecule has 7 aromatic carbocycles. The standard InChI is InChI=1S/C45H27FN4O/c46-33-22-24-38-37-23-21-32(26-41(37)51-42(38)27-33)45-48-43(29-9-2-1-3-10-29)47-44(49-45)30-19-17-28(18-20-30)31-11-8-12-34(25-31)50-39-15-6-4-13-35(39)36-14-5-7-16-40(36)50/h1-27H. The van der Waals surface area contributed by atoms with Crippen LogP contribution in [0.5, 0.6) is 0 Å². The van der Waals surface area contributed by atoms with E-state index in [1.165, 1.54) is 33.9 Å². The monoisotopic (exact) mass is 658 g/mol.